The van der Waals surface area contributed by atoms with Gasteiger partial charge in [0.05, 0.1) is 11.6 Å². The second kappa shape index (κ2) is 5.13. The fourth-order valence-electron chi connectivity index (χ4n) is 2.02. The van der Waals surface area contributed by atoms with Crippen molar-refractivity contribution in [3.05, 3.63) is 64.3 Å². The predicted molar refractivity (Wildman–Crippen MR) is 80.3 cm³/mol. The molecule has 0 aliphatic carbocycles. The Morgan fingerprint density at radius 3 is 2.55 bits per heavy atom. The summed E-state index contributed by atoms with van der Waals surface area (Å²) in [6.45, 7) is 0. The Morgan fingerprint density at radius 2 is 1.90 bits per heavy atom. The first-order chi connectivity index (χ1) is 9.69. The molecule has 0 atom stereocenters. The van der Waals surface area contributed by atoms with Crippen LogP contribution in [0.25, 0.3) is 11.0 Å². The molecule has 1 aromatic heterocycles. The third-order valence-corrected chi connectivity index (χ3v) is 3.70. The molecule has 3 aromatic rings. The van der Waals surface area contributed by atoms with Gasteiger partial charge in [0, 0.05) is 10.9 Å². The highest BCUT2D eigenvalue weighted by atomic mass is 79.9. The van der Waals surface area contributed by atoms with Gasteiger partial charge < -0.3 is 9.15 Å². The van der Waals surface area contributed by atoms with Gasteiger partial charge >= 0.3 is 0 Å². The van der Waals surface area contributed by atoms with Crippen molar-refractivity contribution in [1.82, 2.24) is 0 Å². The van der Waals surface area contributed by atoms with E-state index < -0.39 is 0 Å². The van der Waals surface area contributed by atoms with E-state index in [0.29, 0.717) is 22.7 Å². The van der Waals surface area contributed by atoms with Crippen molar-refractivity contribution in [3.63, 3.8) is 0 Å². The van der Waals surface area contributed by atoms with Crippen molar-refractivity contribution in [2.45, 2.75) is 0 Å². The topological polar surface area (TPSA) is 39.4 Å². The third-order valence-electron chi connectivity index (χ3n) is 3.07. The van der Waals surface area contributed by atoms with Crippen LogP contribution in [0.15, 0.2) is 57.4 Å². The molecule has 0 saturated heterocycles. The van der Waals surface area contributed by atoms with Crippen LogP contribution in [0, 0.1) is 0 Å². The lowest BCUT2D eigenvalue weighted by molar-refractivity contribution is 0.101. The van der Waals surface area contributed by atoms with E-state index in [-0.39, 0.29) is 5.78 Å². The maximum Gasteiger partial charge on any atom is 0.228 e. The standard InChI is InChI=1S/C16H11BrO3/c1-19-12-7-5-10(6-8-12)15(18)14-9-11-3-2-4-13(17)16(11)20-14/h2-9H,1H3. The highest BCUT2D eigenvalue weighted by Crippen LogP contribution is 2.28. The minimum Gasteiger partial charge on any atom is -0.497 e. The zero-order chi connectivity index (χ0) is 14.1. The van der Waals surface area contributed by atoms with Gasteiger partial charge in [0.15, 0.2) is 5.76 Å². The molecule has 3 rings (SSSR count). The van der Waals surface area contributed by atoms with Crippen molar-refractivity contribution < 1.29 is 13.9 Å². The SMILES string of the molecule is COc1ccc(C(=O)c2cc3cccc(Br)c3o2)cc1. The zero-order valence-corrected chi connectivity index (χ0v) is 12.3. The molecule has 4 heteroatoms. The van der Waals surface area contributed by atoms with Crippen LogP contribution in [-0.2, 0) is 0 Å². The number of hydrogen-bond acceptors (Lipinski definition) is 3. The van der Waals surface area contributed by atoms with Gasteiger partial charge in [0.25, 0.3) is 0 Å². The van der Waals surface area contributed by atoms with Gasteiger partial charge in [-0.15, -0.1) is 0 Å². The van der Waals surface area contributed by atoms with E-state index in [4.69, 9.17) is 9.15 Å². The number of halogens is 1. The van der Waals surface area contributed by atoms with Gasteiger partial charge in [0.2, 0.25) is 5.78 Å². The van der Waals surface area contributed by atoms with E-state index in [9.17, 15) is 4.79 Å². The summed E-state index contributed by atoms with van der Waals surface area (Å²) in [4.78, 5) is 12.4. The number of ether oxygens (including phenoxy) is 1. The highest BCUT2D eigenvalue weighted by molar-refractivity contribution is 9.10. The molecule has 0 N–H and O–H groups in total. The van der Waals surface area contributed by atoms with Crippen LogP contribution >= 0.6 is 15.9 Å². The molecule has 0 spiro atoms. The lowest BCUT2D eigenvalue weighted by Crippen LogP contribution is -1.99. The number of carbonyl (C=O) groups excluding carboxylic acids is 1. The molecule has 3 nitrogen and oxygen atoms in total. The lowest BCUT2D eigenvalue weighted by atomic mass is 10.1. The Labute approximate surface area is 124 Å². The summed E-state index contributed by atoms with van der Waals surface area (Å²) in [7, 11) is 1.59. The maximum absolute atomic E-state index is 12.4. The largest absolute Gasteiger partial charge is 0.497 e. The van der Waals surface area contributed by atoms with Crippen LogP contribution in [-0.4, -0.2) is 12.9 Å². The maximum atomic E-state index is 12.4. The summed E-state index contributed by atoms with van der Waals surface area (Å²) in [6.07, 6.45) is 0. The fraction of sp³-hybridized carbons (Fsp3) is 0.0625. The normalized spacial score (nSPS) is 10.7. The molecule has 0 aliphatic heterocycles. The van der Waals surface area contributed by atoms with Crippen molar-refractivity contribution in [3.8, 4) is 5.75 Å². The predicted octanol–water partition coefficient (Wildman–Crippen LogP) is 4.43. The quantitative estimate of drug-likeness (QED) is 0.666. The van der Waals surface area contributed by atoms with Crippen LogP contribution in [0.2, 0.25) is 0 Å². The Bertz CT molecular complexity index is 772. The first-order valence-electron chi connectivity index (χ1n) is 6.06. The van der Waals surface area contributed by atoms with E-state index in [1.807, 2.05) is 18.2 Å². The molecule has 0 fully saturated rings. The number of ketones is 1. The third kappa shape index (κ3) is 2.23. The number of hydrogen-bond donors (Lipinski definition) is 0. The monoisotopic (exact) mass is 330 g/mol. The molecule has 0 bridgehead atoms. The van der Waals surface area contributed by atoms with Crippen molar-refractivity contribution >= 4 is 32.7 Å². The molecule has 0 aliphatic rings. The smallest absolute Gasteiger partial charge is 0.228 e. The summed E-state index contributed by atoms with van der Waals surface area (Å²) in [5.41, 5.74) is 1.25. The molecular weight excluding hydrogens is 320 g/mol. The van der Waals surface area contributed by atoms with E-state index in [1.165, 1.54) is 0 Å². The highest BCUT2D eigenvalue weighted by Gasteiger charge is 2.15. The number of furan rings is 1. The summed E-state index contributed by atoms with van der Waals surface area (Å²) in [5, 5.41) is 0.899. The van der Waals surface area contributed by atoms with Crippen molar-refractivity contribution in [2.24, 2.45) is 0 Å². The number of benzene rings is 2. The molecule has 0 unspecified atom stereocenters. The van der Waals surface area contributed by atoms with E-state index in [2.05, 4.69) is 15.9 Å². The number of fused-ring (bicyclic) bond motifs is 1. The van der Waals surface area contributed by atoms with Gasteiger partial charge in [-0.05, 0) is 52.3 Å². The van der Waals surface area contributed by atoms with E-state index >= 15 is 0 Å². The van der Waals surface area contributed by atoms with Crippen LogP contribution < -0.4 is 4.74 Å². The average molecular weight is 331 g/mol. The Balaban J connectivity index is 2.01. The molecular formula is C16H11BrO3. The minimum absolute atomic E-state index is 0.143. The van der Waals surface area contributed by atoms with Crippen LogP contribution in [0.1, 0.15) is 16.1 Å². The molecule has 100 valence electrons. The molecule has 1 heterocycles. The van der Waals surface area contributed by atoms with Gasteiger partial charge in [0.1, 0.15) is 11.3 Å². The number of rotatable bonds is 3. The molecule has 2 aromatic carbocycles. The second-order valence-corrected chi connectivity index (χ2v) is 5.18. The Kier molecular flexibility index (Phi) is 3.32. The first kappa shape index (κ1) is 12.9. The molecule has 0 saturated carbocycles. The average Bonchev–Trinajstić information content (AvgIpc) is 2.92. The summed E-state index contributed by atoms with van der Waals surface area (Å²) >= 11 is 3.41. The summed E-state index contributed by atoms with van der Waals surface area (Å²) in [5.74, 6) is 0.904. The number of para-hydroxylation sites is 1. The first-order valence-corrected chi connectivity index (χ1v) is 6.85. The number of methoxy groups -OCH3 is 1. The van der Waals surface area contributed by atoms with Crippen molar-refractivity contribution in [1.29, 1.82) is 0 Å². The zero-order valence-electron chi connectivity index (χ0n) is 10.7. The van der Waals surface area contributed by atoms with Crippen LogP contribution in [0.5, 0.6) is 5.75 Å². The van der Waals surface area contributed by atoms with Gasteiger partial charge in [-0.25, -0.2) is 0 Å². The van der Waals surface area contributed by atoms with Crippen LogP contribution in [0.4, 0.5) is 0 Å². The van der Waals surface area contributed by atoms with E-state index in [0.717, 1.165) is 9.86 Å². The Hall–Kier alpha value is -2.07. The summed E-state index contributed by atoms with van der Waals surface area (Å²) < 4.78 is 11.6. The lowest BCUT2D eigenvalue weighted by Gasteiger charge is -2.00. The molecule has 0 radical (unpaired) electrons. The van der Waals surface area contributed by atoms with Gasteiger partial charge in [-0.2, -0.15) is 0 Å². The molecule has 0 amide bonds. The second-order valence-electron chi connectivity index (χ2n) is 4.33. The number of carbonyl (C=O) groups is 1. The van der Waals surface area contributed by atoms with Crippen LogP contribution in [0.3, 0.4) is 0 Å². The fourth-order valence-corrected chi connectivity index (χ4v) is 2.49. The van der Waals surface area contributed by atoms with Gasteiger partial charge in [-0.3, -0.25) is 4.79 Å². The van der Waals surface area contributed by atoms with Crippen molar-refractivity contribution in [2.75, 3.05) is 7.11 Å². The van der Waals surface area contributed by atoms with Gasteiger partial charge in [-0.1, -0.05) is 12.1 Å². The molecule has 20 heavy (non-hydrogen) atoms. The Morgan fingerprint density at radius 1 is 1.15 bits per heavy atom. The van der Waals surface area contributed by atoms with E-state index in [1.54, 1.807) is 37.4 Å². The summed E-state index contributed by atoms with van der Waals surface area (Å²) in [6, 6.07) is 14.4. The minimum atomic E-state index is -0.143.